The summed E-state index contributed by atoms with van der Waals surface area (Å²) in [5.41, 5.74) is 1.74. The first kappa shape index (κ1) is 18.1. The second-order valence-electron chi connectivity index (χ2n) is 6.76. The predicted molar refractivity (Wildman–Crippen MR) is 107 cm³/mol. The van der Waals surface area contributed by atoms with Gasteiger partial charge in [0.2, 0.25) is 0 Å². The lowest BCUT2D eigenvalue weighted by Crippen LogP contribution is -2.48. The third-order valence-corrected chi connectivity index (χ3v) is 5.31. The summed E-state index contributed by atoms with van der Waals surface area (Å²) in [6.07, 6.45) is 1.69. The summed E-state index contributed by atoms with van der Waals surface area (Å²) in [4.78, 5) is 23.6. The van der Waals surface area contributed by atoms with Crippen LogP contribution in [0.3, 0.4) is 0 Å². The number of ether oxygens (including phenoxy) is 1. The third kappa shape index (κ3) is 4.17. The number of benzene rings is 1. The molecule has 0 aliphatic carbocycles. The van der Waals surface area contributed by atoms with Gasteiger partial charge in [-0.05, 0) is 30.3 Å². The van der Waals surface area contributed by atoms with Crippen molar-refractivity contribution in [3.63, 3.8) is 0 Å². The standard InChI is InChI=1S/C20H23ClN4O2/c21-17-2-1-3-18(14-17)23-6-8-25(9-7-23)20(26)16-4-5-19(22-15-16)24-10-12-27-13-11-24/h1-5,14-15H,6-13H2. The van der Waals surface area contributed by atoms with E-state index in [1.807, 2.05) is 35.2 Å². The number of hydrogen-bond acceptors (Lipinski definition) is 5. The number of hydrogen-bond donors (Lipinski definition) is 0. The van der Waals surface area contributed by atoms with Crippen LogP contribution in [-0.2, 0) is 4.74 Å². The Morgan fingerprint density at radius 2 is 1.74 bits per heavy atom. The van der Waals surface area contributed by atoms with Crippen LogP contribution in [0.5, 0.6) is 0 Å². The molecule has 4 rings (SSSR count). The van der Waals surface area contributed by atoms with Crippen LogP contribution in [0.25, 0.3) is 0 Å². The van der Waals surface area contributed by atoms with Gasteiger partial charge in [0.05, 0.1) is 18.8 Å². The summed E-state index contributed by atoms with van der Waals surface area (Å²) in [5.74, 6) is 0.947. The van der Waals surface area contributed by atoms with E-state index in [1.54, 1.807) is 6.20 Å². The molecule has 3 heterocycles. The molecular formula is C20H23ClN4O2. The van der Waals surface area contributed by atoms with Crippen LogP contribution in [0.2, 0.25) is 5.02 Å². The molecule has 6 nitrogen and oxygen atoms in total. The Bertz CT molecular complexity index is 785. The Balaban J connectivity index is 1.36. The van der Waals surface area contributed by atoms with Gasteiger partial charge < -0.3 is 19.4 Å². The average Bonchev–Trinajstić information content (AvgIpc) is 2.74. The van der Waals surface area contributed by atoms with Crippen LogP contribution in [0, 0.1) is 0 Å². The summed E-state index contributed by atoms with van der Waals surface area (Å²) in [6, 6.07) is 11.7. The van der Waals surface area contributed by atoms with Crippen molar-refractivity contribution < 1.29 is 9.53 Å². The maximum absolute atomic E-state index is 12.8. The molecule has 2 aliphatic heterocycles. The quantitative estimate of drug-likeness (QED) is 0.811. The first-order valence-electron chi connectivity index (χ1n) is 9.29. The van der Waals surface area contributed by atoms with Crippen LogP contribution < -0.4 is 9.80 Å². The van der Waals surface area contributed by atoms with Gasteiger partial charge in [0.15, 0.2) is 0 Å². The lowest BCUT2D eigenvalue weighted by Gasteiger charge is -2.36. The topological polar surface area (TPSA) is 48.9 Å². The van der Waals surface area contributed by atoms with E-state index in [4.69, 9.17) is 16.3 Å². The molecular weight excluding hydrogens is 364 g/mol. The highest BCUT2D eigenvalue weighted by Gasteiger charge is 2.23. The number of pyridine rings is 1. The Kier molecular flexibility index (Phi) is 5.45. The lowest BCUT2D eigenvalue weighted by molar-refractivity contribution is 0.0746. The van der Waals surface area contributed by atoms with E-state index in [9.17, 15) is 4.79 Å². The second kappa shape index (κ2) is 8.15. The van der Waals surface area contributed by atoms with E-state index in [1.165, 1.54) is 0 Å². The summed E-state index contributed by atoms with van der Waals surface area (Å²) in [7, 11) is 0. The van der Waals surface area contributed by atoms with Crippen molar-refractivity contribution in [3.8, 4) is 0 Å². The fraction of sp³-hybridized carbons (Fsp3) is 0.400. The molecule has 1 amide bonds. The smallest absolute Gasteiger partial charge is 0.255 e. The van der Waals surface area contributed by atoms with Crippen LogP contribution in [0.4, 0.5) is 11.5 Å². The molecule has 7 heteroatoms. The number of anilines is 2. The zero-order valence-corrected chi connectivity index (χ0v) is 15.9. The second-order valence-corrected chi connectivity index (χ2v) is 7.20. The van der Waals surface area contributed by atoms with Crippen molar-refractivity contribution in [2.45, 2.75) is 0 Å². The average molecular weight is 387 g/mol. The Morgan fingerprint density at radius 1 is 0.963 bits per heavy atom. The maximum Gasteiger partial charge on any atom is 0.255 e. The molecule has 0 unspecified atom stereocenters. The van der Waals surface area contributed by atoms with Gasteiger partial charge in [-0.25, -0.2) is 4.98 Å². The molecule has 0 N–H and O–H groups in total. The molecule has 2 saturated heterocycles. The van der Waals surface area contributed by atoms with Gasteiger partial charge in [0, 0.05) is 56.2 Å². The minimum absolute atomic E-state index is 0.0433. The number of carbonyl (C=O) groups excluding carboxylic acids is 1. The van der Waals surface area contributed by atoms with Crippen molar-refractivity contribution in [2.75, 3.05) is 62.3 Å². The van der Waals surface area contributed by atoms with E-state index >= 15 is 0 Å². The predicted octanol–water partition coefficient (Wildman–Crippen LogP) is 2.53. The molecule has 2 aromatic rings. The largest absolute Gasteiger partial charge is 0.378 e. The van der Waals surface area contributed by atoms with Crippen LogP contribution in [-0.4, -0.2) is 68.3 Å². The van der Waals surface area contributed by atoms with E-state index < -0.39 is 0 Å². The highest BCUT2D eigenvalue weighted by atomic mass is 35.5. The number of rotatable bonds is 3. The number of aromatic nitrogens is 1. The van der Waals surface area contributed by atoms with Gasteiger partial charge in [0.25, 0.3) is 5.91 Å². The van der Waals surface area contributed by atoms with Gasteiger partial charge in [0.1, 0.15) is 5.82 Å². The van der Waals surface area contributed by atoms with Gasteiger partial charge in [-0.1, -0.05) is 17.7 Å². The third-order valence-electron chi connectivity index (χ3n) is 5.07. The van der Waals surface area contributed by atoms with Crippen molar-refractivity contribution in [2.24, 2.45) is 0 Å². The van der Waals surface area contributed by atoms with Crippen molar-refractivity contribution in [1.29, 1.82) is 0 Å². The van der Waals surface area contributed by atoms with Crippen molar-refractivity contribution in [1.82, 2.24) is 9.88 Å². The van der Waals surface area contributed by atoms with Gasteiger partial charge >= 0.3 is 0 Å². The number of morpholine rings is 1. The zero-order valence-electron chi connectivity index (χ0n) is 15.2. The minimum atomic E-state index is 0.0433. The molecule has 0 spiro atoms. The molecule has 1 aromatic carbocycles. The molecule has 0 bridgehead atoms. The van der Waals surface area contributed by atoms with Crippen LogP contribution in [0.15, 0.2) is 42.6 Å². The fourth-order valence-corrected chi connectivity index (χ4v) is 3.70. The van der Waals surface area contributed by atoms with E-state index in [-0.39, 0.29) is 5.91 Å². The Labute approximate surface area is 164 Å². The first-order chi connectivity index (χ1) is 13.2. The lowest BCUT2D eigenvalue weighted by atomic mass is 10.2. The highest BCUT2D eigenvalue weighted by Crippen LogP contribution is 2.21. The van der Waals surface area contributed by atoms with Gasteiger partial charge in [-0.3, -0.25) is 4.79 Å². The van der Waals surface area contributed by atoms with Gasteiger partial charge in [-0.15, -0.1) is 0 Å². The molecule has 0 radical (unpaired) electrons. The molecule has 0 saturated carbocycles. The summed E-state index contributed by atoms with van der Waals surface area (Å²) >= 11 is 6.08. The van der Waals surface area contributed by atoms with Crippen molar-refractivity contribution in [3.05, 3.63) is 53.2 Å². The molecule has 2 aliphatic rings. The van der Waals surface area contributed by atoms with E-state index in [0.29, 0.717) is 18.7 Å². The summed E-state index contributed by atoms with van der Waals surface area (Å²) < 4.78 is 5.37. The number of piperazine rings is 1. The van der Waals surface area contributed by atoms with Crippen LogP contribution in [0.1, 0.15) is 10.4 Å². The number of nitrogens with zero attached hydrogens (tertiary/aromatic N) is 4. The highest BCUT2D eigenvalue weighted by molar-refractivity contribution is 6.30. The molecule has 1 aromatic heterocycles. The monoisotopic (exact) mass is 386 g/mol. The number of amides is 1. The van der Waals surface area contributed by atoms with E-state index in [2.05, 4.69) is 20.9 Å². The number of carbonyl (C=O) groups is 1. The molecule has 0 atom stereocenters. The summed E-state index contributed by atoms with van der Waals surface area (Å²) in [6.45, 7) is 6.10. The zero-order chi connectivity index (χ0) is 18.6. The van der Waals surface area contributed by atoms with Crippen LogP contribution >= 0.6 is 11.6 Å². The maximum atomic E-state index is 12.8. The summed E-state index contributed by atoms with van der Waals surface area (Å²) in [5, 5.41) is 0.734. The molecule has 2 fully saturated rings. The molecule has 27 heavy (non-hydrogen) atoms. The Morgan fingerprint density at radius 3 is 2.41 bits per heavy atom. The SMILES string of the molecule is O=C(c1ccc(N2CCOCC2)nc1)N1CCN(c2cccc(Cl)c2)CC1. The van der Waals surface area contributed by atoms with Gasteiger partial charge in [-0.2, -0.15) is 0 Å². The number of halogens is 1. The fourth-order valence-electron chi connectivity index (χ4n) is 3.52. The Hall–Kier alpha value is -2.31. The van der Waals surface area contributed by atoms with E-state index in [0.717, 1.165) is 55.9 Å². The normalized spacial score (nSPS) is 17.9. The van der Waals surface area contributed by atoms with Crippen molar-refractivity contribution >= 4 is 29.0 Å². The minimum Gasteiger partial charge on any atom is -0.378 e. The first-order valence-corrected chi connectivity index (χ1v) is 9.67. The molecule has 142 valence electrons.